The van der Waals surface area contributed by atoms with Crippen LogP contribution >= 0.6 is 0 Å². The molecule has 0 spiro atoms. The van der Waals surface area contributed by atoms with Crippen molar-refractivity contribution >= 4 is 17.5 Å². The Morgan fingerprint density at radius 1 is 1.09 bits per heavy atom. The lowest BCUT2D eigenvalue weighted by Crippen LogP contribution is -2.40. The third kappa shape index (κ3) is 5.16. The lowest BCUT2D eigenvalue weighted by Gasteiger charge is -2.37. The number of nitrogens with zero attached hydrogens (tertiary/aromatic N) is 3. The monoisotopic (exact) mass is 476 g/mol. The highest BCUT2D eigenvalue weighted by molar-refractivity contribution is 5.81. The lowest BCUT2D eigenvalue weighted by atomic mass is 9.78. The van der Waals surface area contributed by atoms with Gasteiger partial charge < -0.3 is 15.5 Å². The van der Waals surface area contributed by atoms with E-state index in [4.69, 9.17) is 11.0 Å². The fourth-order valence-corrected chi connectivity index (χ4v) is 6.05. The predicted octanol–water partition coefficient (Wildman–Crippen LogP) is 3.93. The maximum absolute atomic E-state index is 13.4. The van der Waals surface area contributed by atoms with Crippen LogP contribution in [0.1, 0.15) is 56.1 Å². The van der Waals surface area contributed by atoms with Crippen LogP contribution in [0.4, 0.5) is 18.9 Å². The van der Waals surface area contributed by atoms with E-state index in [0.717, 1.165) is 18.9 Å². The normalized spacial score (nSPS) is 24.4. The van der Waals surface area contributed by atoms with Gasteiger partial charge in [-0.3, -0.25) is 9.59 Å². The van der Waals surface area contributed by atoms with Crippen molar-refractivity contribution in [2.75, 3.05) is 31.1 Å². The number of alkyl halides is 3. The average molecular weight is 477 g/mol. The Bertz CT molecular complexity index is 960. The Balaban J connectivity index is 1.40. The van der Waals surface area contributed by atoms with Crippen molar-refractivity contribution in [1.82, 2.24) is 4.90 Å². The number of rotatable bonds is 5. The molecule has 3 aliphatic rings. The van der Waals surface area contributed by atoms with Gasteiger partial charge in [0.15, 0.2) is 0 Å². The lowest BCUT2D eigenvalue weighted by molar-refractivity contribution is -0.137. The van der Waals surface area contributed by atoms with Crippen molar-refractivity contribution in [3.8, 4) is 6.07 Å². The van der Waals surface area contributed by atoms with Crippen molar-refractivity contribution < 1.29 is 22.8 Å². The van der Waals surface area contributed by atoms with Crippen molar-refractivity contribution in [3.05, 3.63) is 29.3 Å². The molecule has 0 radical (unpaired) electrons. The van der Waals surface area contributed by atoms with E-state index in [2.05, 4.69) is 0 Å². The Kier molecular flexibility index (Phi) is 7.06. The number of carbonyl (C=O) groups excluding carboxylic acids is 2. The second-order valence-electron chi connectivity index (χ2n) is 9.99. The molecule has 1 aromatic carbocycles. The summed E-state index contributed by atoms with van der Waals surface area (Å²) in [5, 5.41) is 9.02. The molecule has 2 heterocycles. The molecule has 2 aliphatic heterocycles. The standard InChI is InChI=1S/C25H31F3N4O2/c26-25(27,28)22-12-19(6-5-18(22)13-29)31-9-7-17(8-10-31)20-14-32(15-21(20)24(30)34)23(33)11-16-3-1-2-4-16/h5-6,12,16-17,20-21H,1-4,7-11,14-15H2,(H2,30,34)/t20-,21+/m0/s1. The van der Waals surface area contributed by atoms with Gasteiger partial charge in [0.1, 0.15) is 0 Å². The second-order valence-corrected chi connectivity index (χ2v) is 9.99. The smallest absolute Gasteiger partial charge is 0.372 e. The molecule has 0 aromatic heterocycles. The first-order valence-corrected chi connectivity index (χ1v) is 12.1. The van der Waals surface area contributed by atoms with E-state index in [1.165, 1.54) is 18.9 Å². The summed E-state index contributed by atoms with van der Waals surface area (Å²) in [6.45, 7) is 1.99. The minimum atomic E-state index is -4.59. The number of benzene rings is 1. The molecule has 1 aliphatic carbocycles. The molecule has 2 amide bonds. The summed E-state index contributed by atoms with van der Waals surface area (Å²) >= 11 is 0. The van der Waals surface area contributed by atoms with E-state index in [1.54, 1.807) is 17.0 Å². The Labute approximate surface area is 197 Å². The van der Waals surface area contributed by atoms with Crippen molar-refractivity contribution in [2.45, 2.75) is 51.1 Å². The molecule has 6 nitrogen and oxygen atoms in total. The number of halogens is 3. The summed E-state index contributed by atoms with van der Waals surface area (Å²) in [5.74, 6) is -0.0510. The predicted molar refractivity (Wildman–Crippen MR) is 120 cm³/mol. The van der Waals surface area contributed by atoms with Gasteiger partial charge in [0.25, 0.3) is 0 Å². The van der Waals surface area contributed by atoms with Gasteiger partial charge in [0.05, 0.1) is 23.1 Å². The third-order valence-electron chi connectivity index (χ3n) is 7.96. The van der Waals surface area contributed by atoms with E-state index in [-0.39, 0.29) is 35.1 Å². The van der Waals surface area contributed by atoms with Gasteiger partial charge in [-0.15, -0.1) is 0 Å². The van der Waals surface area contributed by atoms with Crippen molar-refractivity contribution in [3.63, 3.8) is 0 Å². The van der Waals surface area contributed by atoms with Gasteiger partial charge in [-0.2, -0.15) is 18.4 Å². The highest BCUT2D eigenvalue weighted by atomic mass is 19.4. The zero-order chi connectivity index (χ0) is 24.5. The molecule has 9 heteroatoms. The van der Waals surface area contributed by atoms with Crippen molar-refractivity contribution in [2.24, 2.45) is 29.4 Å². The number of amides is 2. The summed E-state index contributed by atoms with van der Waals surface area (Å²) in [7, 11) is 0. The highest BCUT2D eigenvalue weighted by Gasteiger charge is 2.43. The summed E-state index contributed by atoms with van der Waals surface area (Å²) in [5.41, 5.74) is 4.84. The van der Waals surface area contributed by atoms with Crippen LogP contribution in [0.25, 0.3) is 0 Å². The largest absolute Gasteiger partial charge is 0.417 e. The molecule has 2 atom stereocenters. The molecule has 2 N–H and O–H groups in total. The number of primary amides is 1. The number of hydrogen-bond donors (Lipinski definition) is 1. The Morgan fingerprint density at radius 3 is 2.35 bits per heavy atom. The number of anilines is 1. The minimum Gasteiger partial charge on any atom is -0.372 e. The maximum atomic E-state index is 13.4. The van der Waals surface area contributed by atoms with E-state index in [1.807, 2.05) is 4.90 Å². The molecular weight excluding hydrogens is 445 g/mol. The quantitative estimate of drug-likeness (QED) is 0.697. The molecule has 34 heavy (non-hydrogen) atoms. The van der Waals surface area contributed by atoms with E-state index < -0.39 is 11.7 Å². The highest BCUT2D eigenvalue weighted by Crippen LogP contribution is 2.39. The summed E-state index contributed by atoms with van der Waals surface area (Å²) in [6, 6.07) is 5.43. The SMILES string of the molecule is N#Cc1ccc(N2CCC([C@@H]3CN(C(=O)CC4CCCC4)C[C@H]3C(N)=O)CC2)cc1C(F)(F)F. The zero-order valence-corrected chi connectivity index (χ0v) is 19.2. The van der Waals surface area contributed by atoms with Crippen LogP contribution < -0.4 is 10.6 Å². The van der Waals surface area contributed by atoms with Crippen LogP contribution in [0.15, 0.2) is 18.2 Å². The van der Waals surface area contributed by atoms with Crippen LogP contribution in [0.3, 0.4) is 0 Å². The third-order valence-corrected chi connectivity index (χ3v) is 7.96. The second kappa shape index (κ2) is 9.85. The van der Waals surface area contributed by atoms with Gasteiger partial charge in [-0.1, -0.05) is 12.8 Å². The fraction of sp³-hybridized carbons (Fsp3) is 0.640. The minimum absolute atomic E-state index is 0.0149. The molecule has 0 unspecified atom stereocenters. The molecule has 1 aromatic rings. The number of hydrogen-bond acceptors (Lipinski definition) is 4. The number of likely N-dealkylation sites (tertiary alicyclic amines) is 1. The zero-order valence-electron chi connectivity index (χ0n) is 19.2. The first-order valence-electron chi connectivity index (χ1n) is 12.1. The van der Waals surface area contributed by atoms with Gasteiger partial charge in [0, 0.05) is 38.3 Å². The van der Waals surface area contributed by atoms with Crippen LogP contribution in [-0.4, -0.2) is 42.9 Å². The number of piperidine rings is 1. The van der Waals surface area contributed by atoms with Crippen LogP contribution in [0, 0.1) is 35.0 Å². The maximum Gasteiger partial charge on any atom is 0.417 e. The van der Waals surface area contributed by atoms with E-state index >= 15 is 0 Å². The molecule has 0 bridgehead atoms. The topological polar surface area (TPSA) is 90.4 Å². The van der Waals surface area contributed by atoms with Gasteiger partial charge in [-0.05, 0) is 61.6 Å². The Hall–Kier alpha value is -2.76. The fourth-order valence-electron chi connectivity index (χ4n) is 6.05. The van der Waals surface area contributed by atoms with Gasteiger partial charge >= 0.3 is 6.18 Å². The van der Waals surface area contributed by atoms with Gasteiger partial charge in [0.2, 0.25) is 11.8 Å². The molecule has 1 saturated carbocycles. The molecule has 184 valence electrons. The number of carbonyl (C=O) groups is 2. The van der Waals surface area contributed by atoms with Crippen molar-refractivity contribution in [1.29, 1.82) is 5.26 Å². The average Bonchev–Trinajstić information content (AvgIpc) is 3.48. The first kappa shape index (κ1) is 24.4. The number of nitriles is 1. The molecule has 3 fully saturated rings. The van der Waals surface area contributed by atoms with E-state index in [9.17, 15) is 22.8 Å². The van der Waals surface area contributed by atoms with Crippen LogP contribution in [-0.2, 0) is 15.8 Å². The van der Waals surface area contributed by atoms with E-state index in [0.29, 0.717) is 57.0 Å². The molecule has 4 rings (SSSR count). The number of nitrogens with two attached hydrogens (primary N) is 1. The van der Waals surface area contributed by atoms with Crippen LogP contribution in [0.5, 0.6) is 0 Å². The first-order chi connectivity index (χ1) is 16.2. The summed E-state index contributed by atoms with van der Waals surface area (Å²) < 4.78 is 40.1. The molecular formula is C25H31F3N4O2. The summed E-state index contributed by atoms with van der Waals surface area (Å²) in [6.07, 6.45) is 1.89. The summed E-state index contributed by atoms with van der Waals surface area (Å²) in [4.78, 5) is 28.7. The van der Waals surface area contributed by atoms with Crippen LogP contribution in [0.2, 0.25) is 0 Å². The molecule has 2 saturated heterocycles. The van der Waals surface area contributed by atoms with Gasteiger partial charge in [-0.25, -0.2) is 0 Å². The Morgan fingerprint density at radius 2 is 1.76 bits per heavy atom.